The largest absolute Gasteiger partial charge is 0.472 e. The van der Waals surface area contributed by atoms with Crippen LogP contribution in [0.4, 0.5) is 11.8 Å². The molecular weight excluding hydrogens is 332 g/mol. The topological polar surface area (TPSA) is 99.4 Å². The fourth-order valence-electron chi connectivity index (χ4n) is 2.48. The molecule has 1 N–H and O–H groups in total. The van der Waals surface area contributed by atoms with Gasteiger partial charge in [-0.25, -0.2) is 0 Å². The summed E-state index contributed by atoms with van der Waals surface area (Å²) < 4.78 is 10.6. The smallest absolute Gasteiger partial charge is 0.454 e. The molecule has 122 valence electrons. The molecule has 4 rings (SSSR count). The molecule has 0 bridgehead atoms. The summed E-state index contributed by atoms with van der Waals surface area (Å²) in [5, 5.41) is 16.7. The molecule has 1 aliphatic heterocycles. The standard InChI is InChI=1S/C15H12N4O4S/c20-19(21)15-17-13(10-4-6-24-14(10)18-15)16-5-3-9-1-2-11-12(7-9)23-8-22-11/h1-2,4,6-7H,3,5,8H2,(H,16,17,18). The van der Waals surface area contributed by atoms with Crippen LogP contribution in [0.5, 0.6) is 11.5 Å². The number of anilines is 1. The number of rotatable bonds is 5. The molecule has 1 aliphatic rings. The van der Waals surface area contributed by atoms with Gasteiger partial charge in [0.1, 0.15) is 0 Å². The van der Waals surface area contributed by atoms with Gasteiger partial charge in [0, 0.05) is 6.54 Å². The minimum atomic E-state index is -0.581. The van der Waals surface area contributed by atoms with E-state index in [1.54, 1.807) is 0 Å². The quantitative estimate of drug-likeness (QED) is 0.561. The zero-order chi connectivity index (χ0) is 16.5. The van der Waals surface area contributed by atoms with Gasteiger partial charge in [0.05, 0.1) is 5.39 Å². The van der Waals surface area contributed by atoms with Crippen LogP contribution in [0.2, 0.25) is 0 Å². The van der Waals surface area contributed by atoms with Crippen molar-refractivity contribution in [3.8, 4) is 11.5 Å². The van der Waals surface area contributed by atoms with Crippen molar-refractivity contribution in [2.75, 3.05) is 18.7 Å². The van der Waals surface area contributed by atoms with E-state index in [1.807, 2.05) is 29.6 Å². The predicted octanol–water partition coefficient (Wildman–Crippen LogP) is 2.98. The number of hydrogen-bond donors (Lipinski definition) is 1. The molecule has 0 saturated carbocycles. The maximum atomic E-state index is 11.0. The van der Waals surface area contributed by atoms with Crippen LogP contribution in [0, 0.1) is 10.1 Å². The van der Waals surface area contributed by atoms with Crippen LogP contribution >= 0.6 is 11.3 Å². The van der Waals surface area contributed by atoms with Crippen LogP contribution in [-0.4, -0.2) is 28.2 Å². The summed E-state index contributed by atoms with van der Waals surface area (Å²) >= 11 is 1.35. The number of fused-ring (bicyclic) bond motifs is 2. The fraction of sp³-hybridized carbons (Fsp3) is 0.200. The van der Waals surface area contributed by atoms with Gasteiger partial charge < -0.3 is 24.9 Å². The Bertz CT molecular complexity index is 927. The Morgan fingerprint density at radius 3 is 3.00 bits per heavy atom. The maximum absolute atomic E-state index is 11.0. The Kier molecular flexibility index (Phi) is 3.62. The summed E-state index contributed by atoms with van der Waals surface area (Å²) in [5.41, 5.74) is 1.08. The molecule has 8 nitrogen and oxygen atoms in total. The van der Waals surface area contributed by atoms with Gasteiger partial charge in [-0.05, 0) is 45.5 Å². The Morgan fingerprint density at radius 1 is 1.25 bits per heavy atom. The van der Waals surface area contributed by atoms with E-state index in [0.717, 1.165) is 28.9 Å². The first-order chi connectivity index (χ1) is 11.7. The van der Waals surface area contributed by atoms with Crippen LogP contribution in [0.1, 0.15) is 5.56 Å². The maximum Gasteiger partial charge on any atom is 0.472 e. The number of nitrogens with one attached hydrogen (secondary N) is 1. The van der Waals surface area contributed by atoms with E-state index in [4.69, 9.17) is 9.47 Å². The van der Waals surface area contributed by atoms with Crippen molar-refractivity contribution in [2.24, 2.45) is 0 Å². The monoisotopic (exact) mass is 344 g/mol. The van der Waals surface area contributed by atoms with Gasteiger partial charge in [-0.2, -0.15) is 0 Å². The van der Waals surface area contributed by atoms with Gasteiger partial charge in [-0.1, -0.05) is 11.1 Å². The number of benzene rings is 1. The second kappa shape index (κ2) is 5.93. The van der Waals surface area contributed by atoms with Crippen LogP contribution < -0.4 is 14.8 Å². The summed E-state index contributed by atoms with van der Waals surface area (Å²) in [6, 6.07) is 7.64. The second-order valence-electron chi connectivity index (χ2n) is 5.13. The van der Waals surface area contributed by atoms with Gasteiger partial charge >= 0.3 is 5.95 Å². The van der Waals surface area contributed by atoms with Crippen LogP contribution in [0.15, 0.2) is 29.6 Å². The van der Waals surface area contributed by atoms with Crippen LogP contribution in [-0.2, 0) is 6.42 Å². The number of thiophene rings is 1. The molecule has 24 heavy (non-hydrogen) atoms. The van der Waals surface area contributed by atoms with Crippen molar-refractivity contribution in [2.45, 2.75) is 6.42 Å². The number of aromatic nitrogens is 2. The van der Waals surface area contributed by atoms with Crippen molar-refractivity contribution in [3.05, 3.63) is 45.3 Å². The first-order valence-corrected chi connectivity index (χ1v) is 8.11. The van der Waals surface area contributed by atoms with Gasteiger partial charge in [0.25, 0.3) is 0 Å². The summed E-state index contributed by atoms with van der Waals surface area (Å²) in [5.74, 6) is 1.58. The molecule has 0 unspecified atom stereocenters. The third kappa shape index (κ3) is 2.69. The highest BCUT2D eigenvalue weighted by Gasteiger charge is 2.18. The van der Waals surface area contributed by atoms with Crippen molar-refractivity contribution < 1.29 is 14.4 Å². The molecule has 9 heteroatoms. The summed E-state index contributed by atoms with van der Waals surface area (Å²) in [4.78, 5) is 18.9. The van der Waals surface area contributed by atoms with E-state index in [2.05, 4.69) is 15.3 Å². The Balaban J connectivity index is 1.50. The molecular formula is C15H12N4O4S. The highest BCUT2D eigenvalue weighted by atomic mass is 32.1. The van der Waals surface area contributed by atoms with Gasteiger partial charge in [-0.3, -0.25) is 0 Å². The minimum absolute atomic E-state index is 0.248. The van der Waals surface area contributed by atoms with Gasteiger partial charge in [0.2, 0.25) is 17.4 Å². The normalized spacial score (nSPS) is 12.5. The van der Waals surface area contributed by atoms with E-state index in [1.165, 1.54) is 11.3 Å². The zero-order valence-corrected chi connectivity index (χ0v) is 13.2. The van der Waals surface area contributed by atoms with E-state index >= 15 is 0 Å². The molecule has 0 radical (unpaired) electrons. The summed E-state index contributed by atoms with van der Waals surface area (Å²) in [6.07, 6.45) is 0.722. The second-order valence-corrected chi connectivity index (χ2v) is 6.03. The lowest BCUT2D eigenvalue weighted by atomic mass is 10.1. The lowest BCUT2D eigenvalue weighted by molar-refractivity contribution is -0.394. The number of ether oxygens (including phenoxy) is 2. The van der Waals surface area contributed by atoms with E-state index in [0.29, 0.717) is 17.2 Å². The Morgan fingerprint density at radius 2 is 2.12 bits per heavy atom. The van der Waals surface area contributed by atoms with E-state index in [9.17, 15) is 10.1 Å². The third-order valence-corrected chi connectivity index (χ3v) is 4.43. The Hall–Kier alpha value is -2.94. The molecule has 0 atom stereocenters. The molecule has 0 amide bonds. The molecule has 3 heterocycles. The Labute approximate surface area is 140 Å². The van der Waals surface area contributed by atoms with Crippen molar-refractivity contribution in [1.82, 2.24) is 9.97 Å². The van der Waals surface area contributed by atoms with Crippen LogP contribution in [0.25, 0.3) is 10.2 Å². The molecule has 0 aliphatic carbocycles. The van der Waals surface area contributed by atoms with Gasteiger partial charge in [-0.15, -0.1) is 11.3 Å². The molecule has 1 aromatic carbocycles. The predicted molar refractivity (Wildman–Crippen MR) is 88.8 cm³/mol. The van der Waals surface area contributed by atoms with E-state index in [-0.39, 0.29) is 6.79 Å². The molecule has 2 aromatic heterocycles. The molecule has 0 fully saturated rings. The third-order valence-electron chi connectivity index (χ3n) is 3.62. The fourth-order valence-corrected chi connectivity index (χ4v) is 3.24. The summed E-state index contributed by atoms with van der Waals surface area (Å²) in [6.45, 7) is 0.830. The first kappa shape index (κ1) is 14.6. The molecule has 0 spiro atoms. The van der Waals surface area contributed by atoms with Crippen molar-refractivity contribution in [3.63, 3.8) is 0 Å². The average Bonchev–Trinajstić information content (AvgIpc) is 3.22. The highest BCUT2D eigenvalue weighted by Crippen LogP contribution is 2.32. The number of hydrogen-bond acceptors (Lipinski definition) is 8. The van der Waals surface area contributed by atoms with Gasteiger partial charge in [0.15, 0.2) is 11.5 Å². The number of nitro groups is 1. The first-order valence-electron chi connectivity index (χ1n) is 7.23. The zero-order valence-electron chi connectivity index (χ0n) is 12.4. The SMILES string of the molecule is O=[N+]([O-])c1nc(NCCc2ccc3c(c2)OCO3)c2ccsc2n1. The van der Waals surface area contributed by atoms with E-state index < -0.39 is 10.9 Å². The van der Waals surface area contributed by atoms with Crippen molar-refractivity contribution >= 4 is 33.3 Å². The lowest BCUT2D eigenvalue weighted by Gasteiger charge is -2.05. The highest BCUT2D eigenvalue weighted by molar-refractivity contribution is 7.16. The molecule has 0 saturated heterocycles. The lowest BCUT2D eigenvalue weighted by Crippen LogP contribution is -2.08. The average molecular weight is 344 g/mol. The minimum Gasteiger partial charge on any atom is -0.454 e. The van der Waals surface area contributed by atoms with Crippen LogP contribution in [0.3, 0.4) is 0 Å². The van der Waals surface area contributed by atoms with Crippen molar-refractivity contribution in [1.29, 1.82) is 0 Å². The number of nitrogens with zero attached hydrogens (tertiary/aromatic N) is 3. The molecule has 3 aromatic rings. The summed E-state index contributed by atoms with van der Waals surface area (Å²) in [7, 11) is 0.